The van der Waals surface area contributed by atoms with E-state index >= 15 is 0 Å². The van der Waals surface area contributed by atoms with Gasteiger partial charge in [-0.05, 0) is 42.3 Å². The van der Waals surface area contributed by atoms with E-state index in [1.807, 2.05) is 0 Å². The zero-order valence-corrected chi connectivity index (χ0v) is 12.7. The average molecular weight is 324 g/mol. The van der Waals surface area contributed by atoms with Gasteiger partial charge in [0.2, 0.25) is 0 Å². The number of ether oxygens (including phenoxy) is 1. The first-order valence-electron chi connectivity index (χ1n) is 6.22. The third-order valence-corrected chi connectivity index (χ3v) is 3.74. The first kappa shape index (κ1) is 15.6. The van der Waals surface area contributed by atoms with E-state index in [-0.39, 0.29) is 17.0 Å². The van der Waals surface area contributed by atoms with Crippen LogP contribution in [0.15, 0.2) is 36.4 Å². The Hall–Kier alpha value is -1.76. The van der Waals surface area contributed by atoms with Crippen molar-refractivity contribution in [2.45, 2.75) is 12.3 Å². The Morgan fingerprint density at radius 2 is 2.05 bits per heavy atom. The fraction of sp³-hybridized carbons (Fsp3) is 0.188. The third-order valence-electron chi connectivity index (χ3n) is 3.17. The smallest absolute Gasteiger partial charge is 0.129 e. The second kappa shape index (κ2) is 6.80. The molecule has 0 aliphatic carbocycles. The fourth-order valence-corrected chi connectivity index (χ4v) is 2.67. The largest absolute Gasteiger partial charge is 0.496 e. The summed E-state index contributed by atoms with van der Waals surface area (Å²) in [6.45, 7) is 0. The molecule has 2 rings (SSSR count). The van der Waals surface area contributed by atoms with E-state index < -0.39 is 11.7 Å². The molecule has 2 aromatic carbocycles. The molecule has 0 N–H and O–H groups in total. The molecule has 0 saturated carbocycles. The average Bonchev–Trinajstić information content (AvgIpc) is 2.46. The van der Waals surface area contributed by atoms with Crippen LogP contribution in [0.25, 0.3) is 0 Å². The predicted octanol–water partition coefficient (Wildman–Crippen LogP) is 4.99. The summed E-state index contributed by atoms with van der Waals surface area (Å²) in [5.41, 5.74) is 0.930. The van der Waals surface area contributed by atoms with Crippen LogP contribution in [0.3, 0.4) is 0 Å². The van der Waals surface area contributed by atoms with Crippen molar-refractivity contribution in [3.05, 3.63) is 63.4 Å². The number of halogens is 3. The van der Waals surface area contributed by atoms with Gasteiger partial charge in [-0.25, -0.2) is 4.39 Å². The Morgan fingerprint density at radius 1 is 1.29 bits per heavy atom. The van der Waals surface area contributed by atoms with E-state index in [4.69, 9.17) is 27.9 Å². The number of nitrogens with zero attached hydrogens (tertiary/aromatic N) is 1. The van der Waals surface area contributed by atoms with Gasteiger partial charge >= 0.3 is 0 Å². The minimum Gasteiger partial charge on any atom is -0.496 e. The summed E-state index contributed by atoms with van der Waals surface area (Å²) in [5.74, 6) is -0.603. The molecule has 0 amide bonds. The molecule has 0 aliphatic rings. The Morgan fingerprint density at radius 3 is 2.67 bits per heavy atom. The SMILES string of the molecule is COc1ccc(Cl)cc1CC(C#N)c1c(F)cccc1Cl. The topological polar surface area (TPSA) is 33.0 Å². The molecule has 2 aromatic rings. The standard InChI is InChI=1S/C16H12Cl2FNO/c1-21-15-6-5-12(17)8-10(15)7-11(9-20)16-13(18)3-2-4-14(16)19/h2-6,8,11H,7H2,1H3. The highest BCUT2D eigenvalue weighted by Crippen LogP contribution is 2.33. The van der Waals surface area contributed by atoms with Crippen LogP contribution in [0.4, 0.5) is 4.39 Å². The number of methoxy groups -OCH3 is 1. The summed E-state index contributed by atoms with van der Waals surface area (Å²) in [6.07, 6.45) is 0.265. The molecule has 1 unspecified atom stereocenters. The van der Waals surface area contributed by atoms with E-state index in [1.165, 1.54) is 19.2 Å². The van der Waals surface area contributed by atoms with Crippen LogP contribution in [0.1, 0.15) is 17.0 Å². The lowest BCUT2D eigenvalue weighted by Gasteiger charge is -2.15. The van der Waals surface area contributed by atoms with Crippen molar-refractivity contribution in [3.8, 4) is 11.8 Å². The predicted molar refractivity (Wildman–Crippen MR) is 81.5 cm³/mol. The zero-order chi connectivity index (χ0) is 15.4. The molecule has 0 saturated heterocycles. The van der Waals surface area contributed by atoms with Gasteiger partial charge in [0.1, 0.15) is 11.6 Å². The quantitative estimate of drug-likeness (QED) is 0.794. The summed E-state index contributed by atoms with van der Waals surface area (Å²) in [7, 11) is 1.53. The summed E-state index contributed by atoms with van der Waals surface area (Å²) in [4.78, 5) is 0. The van der Waals surface area contributed by atoms with E-state index in [1.54, 1.807) is 24.3 Å². The van der Waals surface area contributed by atoms with Crippen molar-refractivity contribution in [1.82, 2.24) is 0 Å². The molecule has 21 heavy (non-hydrogen) atoms. The molecule has 0 fully saturated rings. The van der Waals surface area contributed by atoms with Crippen LogP contribution in [-0.4, -0.2) is 7.11 Å². The van der Waals surface area contributed by atoms with Crippen LogP contribution < -0.4 is 4.74 Å². The first-order chi connectivity index (χ1) is 10.1. The molecule has 2 nitrogen and oxygen atoms in total. The third kappa shape index (κ3) is 3.47. The van der Waals surface area contributed by atoms with Crippen LogP contribution in [0, 0.1) is 17.1 Å². The maximum atomic E-state index is 14.0. The van der Waals surface area contributed by atoms with Crippen LogP contribution in [0.5, 0.6) is 5.75 Å². The highest BCUT2D eigenvalue weighted by atomic mass is 35.5. The van der Waals surface area contributed by atoms with Crippen LogP contribution in [0.2, 0.25) is 10.0 Å². The molecule has 0 spiro atoms. The molecule has 0 bridgehead atoms. The fourth-order valence-electron chi connectivity index (χ4n) is 2.18. The Balaban J connectivity index is 2.41. The van der Waals surface area contributed by atoms with Gasteiger partial charge in [-0.3, -0.25) is 0 Å². The molecule has 0 aromatic heterocycles. The lowest BCUT2D eigenvalue weighted by atomic mass is 9.92. The van der Waals surface area contributed by atoms with Gasteiger partial charge in [0.05, 0.1) is 19.1 Å². The monoisotopic (exact) mass is 323 g/mol. The van der Waals surface area contributed by atoms with Crippen molar-refractivity contribution < 1.29 is 9.13 Å². The molecule has 0 radical (unpaired) electrons. The van der Waals surface area contributed by atoms with Gasteiger partial charge < -0.3 is 4.74 Å². The Kier molecular flexibility index (Phi) is 5.06. The number of hydrogen-bond acceptors (Lipinski definition) is 2. The van der Waals surface area contributed by atoms with E-state index in [0.717, 1.165) is 5.56 Å². The van der Waals surface area contributed by atoms with E-state index in [2.05, 4.69) is 6.07 Å². The minimum absolute atomic E-state index is 0.198. The molecule has 1 atom stereocenters. The van der Waals surface area contributed by atoms with Crippen molar-refractivity contribution in [2.75, 3.05) is 7.11 Å². The number of hydrogen-bond donors (Lipinski definition) is 0. The minimum atomic E-state index is -0.717. The first-order valence-corrected chi connectivity index (χ1v) is 6.98. The van der Waals surface area contributed by atoms with Crippen molar-refractivity contribution in [3.63, 3.8) is 0 Å². The molecule has 0 heterocycles. The molecular weight excluding hydrogens is 312 g/mol. The number of nitriles is 1. The Bertz CT molecular complexity index is 677. The van der Waals surface area contributed by atoms with Crippen molar-refractivity contribution >= 4 is 23.2 Å². The summed E-state index contributed by atoms with van der Waals surface area (Å²) < 4.78 is 19.2. The van der Waals surface area contributed by atoms with E-state index in [0.29, 0.717) is 10.8 Å². The Labute approximate surface area is 132 Å². The lowest BCUT2D eigenvalue weighted by Crippen LogP contribution is -2.05. The molecule has 5 heteroatoms. The number of rotatable bonds is 4. The van der Waals surface area contributed by atoms with E-state index in [9.17, 15) is 9.65 Å². The molecule has 0 aliphatic heterocycles. The maximum absolute atomic E-state index is 14.0. The van der Waals surface area contributed by atoms with Gasteiger partial charge in [0.15, 0.2) is 0 Å². The van der Waals surface area contributed by atoms with Gasteiger partial charge in [0, 0.05) is 15.6 Å². The second-order valence-electron chi connectivity index (χ2n) is 4.48. The summed E-state index contributed by atoms with van der Waals surface area (Å²) >= 11 is 12.0. The van der Waals surface area contributed by atoms with Crippen LogP contribution in [-0.2, 0) is 6.42 Å². The van der Waals surface area contributed by atoms with Gasteiger partial charge in [-0.1, -0.05) is 29.3 Å². The van der Waals surface area contributed by atoms with Crippen LogP contribution >= 0.6 is 23.2 Å². The number of benzene rings is 2. The maximum Gasteiger partial charge on any atom is 0.129 e. The van der Waals surface area contributed by atoms with Gasteiger partial charge in [0.25, 0.3) is 0 Å². The highest BCUT2D eigenvalue weighted by Gasteiger charge is 2.21. The molecule has 108 valence electrons. The highest BCUT2D eigenvalue weighted by molar-refractivity contribution is 6.31. The molecular formula is C16H12Cl2FNO. The van der Waals surface area contributed by atoms with Crippen molar-refractivity contribution in [2.24, 2.45) is 0 Å². The second-order valence-corrected chi connectivity index (χ2v) is 5.32. The van der Waals surface area contributed by atoms with Gasteiger partial charge in [-0.15, -0.1) is 0 Å². The van der Waals surface area contributed by atoms with Gasteiger partial charge in [-0.2, -0.15) is 5.26 Å². The summed E-state index contributed by atoms with van der Waals surface area (Å²) in [6, 6.07) is 11.6. The summed E-state index contributed by atoms with van der Waals surface area (Å²) in [5, 5.41) is 10.1. The zero-order valence-electron chi connectivity index (χ0n) is 11.2. The lowest BCUT2D eigenvalue weighted by molar-refractivity contribution is 0.409. The van der Waals surface area contributed by atoms with Crippen molar-refractivity contribution in [1.29, 1.82) is 5.26 Å². The normalized spacial score (nSPS) is 11.8.